The molecule has 0 spiro atoms. The van der Waals surface area contributed by atoms with Crippen LogP contribution in [0.25, 0.3) is 0 Å². The van der Waals surface area contributed by atoms with Crippen molar-refractivity contribution in [2.45, 2.75) is 39.2 Å². The normalized spacial score (nSPS) is 23.9. The first-order chi connectivity index (χ1) is 8.61. The lowest BCUT2D eigenvalue weighted by Crippen LogP contribution is -2.36. The van der Waals surface area contributed by atoms with E-state index in [9.17, 15) is 4.79 Å². The minimum Gasteiger partial charge on any atom is -0.378 e. The Morgan fingerprint density at radius 1 is 1.67 bits per heavy atom. The standard InChI is InChI=1S/C13H21N3O2/c1-4-11-12(8-16(3)15-11)14-13(17)10-6-5-7-18-9(10)2/h8-10H,4-7H2,1-3H3,(H,14,17)/t9-,10+/m0/s1. The van der Waals surface area contributed by atoms with Crippen LogP contribution in [0, 0.1) is 5.92 Å². The molecule has 2 atom stereocenters. The Balaban J connectivity index is 2.05. The monoisotopic (exact) mass is 251 g/mol. The van der Waals surface area contributed by atoms with E-state index in [4.69, 9.17) is 4.74 Å². The van der Waals surface area contributed by atoms with Crippen LogP contribution in [0.15, 0.2) is 6.20 Å². The molecule has 0 bridgehead atoms. The molecule has 0 unspecified atom stereocenters. The van der Waals surface area contributed by atoms with Gasteiger partial charge in [0.2, 0.25) is 5.91 Å². The van der Waals surface area contributed by atoms with Crippen molar-refractivity contribution in [2.24, 2.45) is 13.0 Å². The molecule has 1 aliphatic rings. The second kappa shape index (κ2) is 5.52. The van der Waals surface area contributed by atoms with Gasteiger partial charge in [0.1, 0.15) is 0 Å². The van der Waals surface area contributed by atoms with Crippen molar-refractivity contribution < 1.29 is 9.53 Å². The number of hydrogen-bond acceptors (Lipinski definition) is 3. The first-order valence-electron chi connectivity index (χ1n) is 6.56. The summed E-state index contributed by atoms with van der Waals surface area (Å²) in [7, 11) is 1.86. The van der Waals surface area contributed by atoms with Crippen molar-refractivity contribution in [3.63, 3.8) is 0 Å². The topological polar surface area (TPSA) is 56.2 Å². The molecule has 2 rings (SSSR count). The van der Waals surface area contributed by atoms with E-state index in [1.54, 1.807) is 4.68 Å². The zero-order chi connectivity index (χ0) is 13.1. The lowest BCUT2D eigenvalue weighted by Gasteiger charge is -2.27. The highest BCUT2D eigenvalue weighted by atomic mass is 16.5. The molecule has 1 aromatic heterocycles. The quantitative estimate of drug-likeness (QED) is 0.890. The van der Waals surface area contributed by atoms with Crippen molar-refractivity contribution in [3.8, 4) is 0 Å². The van der Waals surface area contributed by atoms with Crippen LogP contribution in [0.3, 0.4) is 0 Å². The third-order valence-electron chi connectivity index (χ3n) is 3.44. The zero-order valence-electron chi connectivity index (χ0n) is 11.3. The SMILES string of the molecule is CCc1nn(C)cc1NC(=O)[C@@H]1CCCO[C@H]1C. The maximum Gasteiger partial charge on any atom is 0.230 e. The predicted molar refractivity (Wildman–Crippen MR) is 69.4 cm³/mol. The van der Waals surface area contributed by atoms with Crippen molar-refractivity contribution in [2.75, 3.05) is 11.9 Å². The summed E-state index contributed by atoms with van der Waals surface area (Å²) < 4.78 is 7.26. The Kier molecular flexibility index (Phi) is 4.01. The number of hydrogen-bond donors (Lipinski definition) is 1. The van der Waals surface area contributed by atoms with Crippen LogP contribution in [-0.4, -0.2) is 28.4 Å². The van der Waals surface area contributed by atoms with E-state index in [0.29, 0.717) is 0 Å². The molecule has 1 aromatic rings. The van der Waals surface area contributed by atoms with E-state index in [-0.39, 0.29) is 17.9 Å². The smallest absolute Gasteiger partial charge is 0.230 e. The highest BCUT2D eigenvalue weighted by Gasteiger charge is 2.29. The molecule has 1 amide bonds. The lowest BCUT2D eigenvalue weighted by atomic mass is 9.94. The van der Waals surface area contributed by atoms with Gasteiger partial charge in [-0.05, 0) is 26.2 Å². The minimum atomic E-state index is -0.0522. The molecule has 100 valence electrons. The third-order valence-corrected chi connectivity index (χ3v) is 3.44. The summed E-state index contributed by atoms with van der Waals surface area (Å²) in [4.78, 5) is 12.2. The fraction of sp³-hybridized carbons (Fsp3) is 0.692. The highest BCUT2D eigenvalue weighted by Crippen LogP contribution is 2.23. The van der Waals surface area contributed by atoms with Crippen LogP contribution in [0.4, 0.5) is 5.69 Å². The van der Waals surface area contributed by atoms with Gasteiger partial charge in [-0.25, -0.2) is 0 Å². The number of anilines is 1. The van der Waals surface area contributed by atoms with Gasteiger partial charge in [0.05, 0.1) is 23.4 Å². The minimum absolute atomic E-state index is 0.000461. The second-order valence-corrected chi connectivity index (χ2v) is 4.83. The summed E-state index contributed by atoms with van der Waals surface area (Å²) in [5, 5.41) is 7.30. The molecule has 1 aliphatic heterocycles. The number of aromatic nitrogens is 2. The van der Waals surface area contributed by atoms with Crippen LogP contribution < -0.4 is 5.32 Å². The van der Waals surface area contributed by atoms with Crippen LogP contribution in [-0.2, 0) is 23.0 Å². The van der Waals surface area contributed by atoms with Crippen LogP contribution >= 0.6 is 0 Å². The zero-order valence-corrected chi connectivity index (χ0v) is 11.3. The van der Waals surface area contributed by atoms with Gasteiger partial charge in [-0.3, -0.25) is 9.48 Å². The maximum atomic E-state index is 12.2. The number of nitrogens with zero attached hydrogens (tertiary/aromatic N) is 2. The highest BCUT2D eigenvalue weighted by molar-refractivity contribution is 5.93. The van der Waals surface area contributed by atoms with Crippen LogP contribution in [0.1, 0.15) is 32.4 Å². The van der Waals surface area contributed by atoms with Crippen molar-refractivity contribution >= 4 is 11.6 Å². The molecule has 5 heteroatoms. The van der Waals surface area contributed by atoms with E-state index in [1.807, 2.05) is 27.1 Å². The number of carbonyl (C=O) groups excluding carboxylic acids is 1. The summed E-state index contributed by atoms with van der Waals surface area (Å²) in [6.45, 7) is 4.76. The third kappa shape index (κ3) is 2.72. The number of nitrogens with one attached hydrogen (secondary N) is 1. The van der Waals surface area contributed by atoms with Gasteiger partial charge in [-0.15, -0.1) is 0 Å². The average molecular weight is 251 g/mol. The van der Waals surface area contributed by atoms with Crippen LogP contribution in [0.2, 0.25) is 0 Å². The van der Waals surface area contributed by atoms with E-state index in [1.165, 1.54) is 0 Å². The van der Waals surface area contributed by atoms with Gasteiger partial charge in [0, 0.05) is 19.9 Å². The summed E-state index contributed by atoms with van der Waals surface area (Å²) in [5.41, 5.74) is 1.75. The Morgan fingerprint density at radius 3 is 3.11 bits per heavy atom. The molecule has 0 radical (unpaired) electrons. The first kappa shape index (κ1) is 13.1. The molecule has 0 aromatic carbocycles. The summed E-state index contributed by atoms with van der Waals surface area (Å²) in [6.07, 6.45) is 4.52. The molecule has 2 heterocycles. The number of ether oxygens (including phenoxy) is 1. The fourth-order valence-electron chi connectivity index (χ4n) is 2.39. The molecular weight excluding hydrogens is 230 g/mol. The summed E-state index contributed by atoms with van der Waals surface area (Å²) >= 11 is 0. The first-order valence-corrected chi connectivity index (χ1v) is 6.56. The molecular formula is C13H21N3O2. The molecule has 1 saturated heterocycles. The molecule has 0 saturated carbocycles. The summed E-state index contributed by atoms with van der Waals surface area (Å²) in [6, 6.07) is 0. The van der Waals surface area contributed by atoms with Gasteiger partial charge in [-0.2, -0.15) is 5.10 Å². The Bertz CT molecular complexity index is 428. The Morgan fingerprint density at radius 2 is 2.44 bits per heavy atom. The van der Waals surface area contributed by atoms with E-state index in [0.717, 1.165) is 37.3 Å². The second-order valence-electron chi connectivity index (χ2n) is 4.83. The number of carbonyl (C=O) groups is 1. The van der Waals surface area contributed by atoms with E-state index < -0.39 is 0 Å². The molecule has 18 heavy (non-hydrogen) atoms. The largest absolute Gasteiger partial charge is 0.378 e. The Labute approximate surface area is 108 Å². The fourth-order valence-corrected chi connectivity index (χ4v) is 2.39. The van der Waals surface area contributed by atoms with Gasteiger partial charge in [-0.1, -0.05) is 6.92 Å². The lowest BCUT2D eigenvalue weighted by molar-refractivity contribution is -0.127. The number of aryl methyl sites for hydroxylation is 2. The number of rotatable bonds is 3. The summed E-state index contributed by atoms with van der Waals surface area (Å²) in [5.74, 6) is -0.00596. The molecule has 0 aliphatic carbocycles. The van der Waals surface area contributed by atoms with Gasteiger partial charge in [0.25, 0.3) is 0 Å². The molecule has 1 N–H and O–H groups in total. The van der Waals surface area contributed by atoms with Crippen molar-refractivity contribution in [3.05, 3.63) is 11.9 Å². The number of amides is 1. The van der Waals surface area contributed by atoms with Crippen LogP contribution in [0.5, 0.6) is 0 Å². The van der Waals surface area contributed by atoms with Gasteiger partial charge in [0.15, 0.2) is 0 Å². The van der Waals surface area contributed by atoms with Crippen molar-refractivity contribution in [1.82, 2.24) is 9.78 Å². The Hall–Kier alpha value is -1.36. The van der Waals surface area contributed by atoms with Gasteiger partial charge < -0.3 is 10.1 Å². The molecule has 1 fully saturated rings. The van der Waals surface area contributed by atoms with E-state index >= 15 is 0 Å². The van der Waals surface area contributed by atoms with E-state index in [2.05, 4.69) is 10.4 Å². The predicted octanol–water partition coefficient (Wildman–Crippen LogP) is 1.74. The average Bonchev–Trinajstić information content (AvgIpc) is 2.70. The maximum absolute atomic E-state index is 12.2. The molecule has 5 nitrogen and oxygen atoms in total. The van der Waals surface area contributed by atoms with Gasteiger partial charge >= 0.3 is 0 Å². The van der Waals surface area contributed by atoms with Crippen molar-refractivity contribution in [1.29, 1.82) is 0 Å².